The number of aliphatic hydroxyl groups excluding tert-OH is 3. The number of carbonyl (C=O) groups excluding carboxylic acids is 3. The average Bonchev–Trinajstić information content (AvgIpc) is 3.29. The molecule has 3 aromatic rings. The molecule has 248 valence electrons. The van der Waals surface area contributed by atoms with Crippen molar-refractivity contribution in [1.29, 1.82) is 0 Å². The van der Waals surface area contributed by atoms with Crippen molar-refractivity contribution in [1.82, 2.24) is 14.9 Å². The van der Waals surface area contributed by atoms with Crippen LogP contribution in [0, 0.1) is 0 Å². The summed E-state index contributed by atoms with van der Waals surface area (Å²) in [6.07, 6.45) is -3.73. The number of rotatable bonds is 11. The molecule has 0 aliphatic carbocycles. The summed E-state index contributed by atoms with van der Waals surface area (Å²) in [7, 11) is 0. The molecule has 1 unspecified atom stereocenters. The Morgan fingerprint density at radius 2 is 1.68 bits per heavy atom. The Hall–Kier alpha value is -3.67. The van der Waals surface area contributed by atoms with Crippen molar-refractivity contribution < 1.29 is 73.8 Å². The summed E-state index contributed by atoms with van der Waals surface area (Å²) in [5.74, 6) is -1.71. The fourth-order valence-corrected chi connectivity index (χ4v) is 4.33. The molecule has 4 rings (SSSR count). The quantitative estimate of drug-likeness (QED) is 0.107. The predicted octanol–water partition coefficient (Wildman–Crippen LogP) is -4.40. The van der Waals surface area contributed by atoms with Gasteiger partial charge in [0.2, 0.25) is 5.91 Å². The number of aromatic nitrogens is 2. The van der Waals surface area contributed by atoms with Crippen LogP contribution in [0.2, 0.25) is 0 Å². The first kappa shape index (κ1) is 39.5. The third kappa shape index (κ3) is 11.5. The molecule has 2 amide bonds. The Labute approximate surface area is 293 Å². The third-order valence-electron chi connectivity index (χ3n) is 6.83. The molecule has 7 N–H and O–H groups in total. The Bertz CT molecular complexity index is 1530. The van der Waals surface area contributed by atoms with Gasteiger partial charge in [-0.05, 0) is 56.5 Å². The van der Waals surface area contributed by atoms with Gasteiger partial charge >= 0.3 is 35.2 Å². The largest absolute Gasteiger partial charge is 1.00 e. The number of nitrogens with one attached hydrogen (secondary N) is 2. The van der Waals surface area contributed by atoms with Crippen molar-refractivity contribution in [3.05, 3.63) is 88.5 Å². The summed E-state index contributed by atoms with van der Waals surface area (Å²) in [6.45, 7) is 3.81. The Morgan fingerprint density at radius 1 is 1.06 bits per heavy atom. The Kier molecular flexibility index (Phi) is 15.2. The molecule has 5 atom stereocenters. The van der Waals surface area contributed by atoms with Gasteiger partial charge in [0.15, 0.2) is 6.23 Å². The topological polar surface area (TPSA) is 238 Å². The van der Waals surface area contributed by atoms with E-state index >= 15 is 0 Å². The second kappa shape index (κ2) is 18.0. The van der Waals surface area contributed by atoms with Crippen molar-refractivity contribution in [2.75, 3.05) is 11.9 Å². The number of anilines is 1. The number of amides is 2. The number of nitrogens with two attached hydrogens (primary N) is 1. The number of nitrogens with zero attached hydrogens (tertiary/aromatic N) is 2. The number of carboxylic acids is 1. The van der Waals surface area contributed by atoms with Gasteiger partial charge in [-0.2, -0.15) is 4.98 Å². The fraction of sp³-hybridized carbons (Fsp3) is 0.387. The molecule has 47 heavy (non-hydrogen) atoms. The van der Waals surface area contributed by atoms with Gasteiger partial charge < -0.3 is 51.1 Å². The van der Waals surface area contributed by atoms with Gasteiger partial charge in [0.1, 0.15) is 42.0 Å². The zero-order valence-corrected chi connectivity index (χ0v) is 28.5. The Morgan fingerprint density at radius 3 is 2.23 bits per heavy atom. The maximum atomic E-state index is 12.9. The summed E-state index contributed by atoms with van der Waals surface area (Å²) < 4.78 is 12.1. The van der Waals surface area contributed by atoms with Crippen LogP contribution >= 0.6 is 0 Å². The van der Waals surface area contributed by atoms with Crippen molar-refractivity contribution in [2.24, 2.45) is 5.73 Å². The standard InChI is InChI=1S/C29H35N5O8.C2H4O2.Na/c1-29(2,27(39)31-22-12-13-34(28(40)32-22)26-24(37)23(36)21(15-35)42-26)33-25(38)20(30)14-17-8-10-19(11-9-17)41-16-18-6-4-3-5-7-18;1-2(3)4;/h3-13,20-21,23-24,26,35-37H,14-16,30H2,1-2H3,(H,33,38)(H,31,32,39,40);1H3,(H,3,4);/q;;+1/p-1/t20-,21+,23+,24-,26?;;/m0../s1. The van der Waals surface area contributed by atoms with Crippen LogP contribution in [0.4, 0.5) is 5.82 Å². The van der Waals surface area contributed by atoms with Crippen molar-refractivity contribution in [3.63, 3.8) is 0 Å². The summed E-state index contributed by atoms with van der Waals surface area (Å²) in [5, 5.41) is 43.3. The normalized spacial score (nSPS) is 19.3. The molecule has 0 bridgehead atoms. The number of ether oxygens (including phenoxy) is 2. The number of aliphatic hydroxyl groups is 3. The maximum Gasteiger partial charge on any atom is 1.00 e. The molecular weight excluding hydrogens is 625 g/mol. The predicted molar refractivity (Wildman–Crippen MR) is 162 cm³/mol. The maximum absolute atomic E-state index is 12.9. The third-order valence-corrected chi connectivity index (χ3v) is 6.83. The average molecular weight is 664 g/mol. The van der Waals surface area contributed by atoms with Crippen molar-refractivity contribution in [2.45, 2.75) is 69.9 Å². The summed E-state index contributed by atoms with van der Waals surface area (Å²) >= 11 is 0. The zero-order chi connectivity index (χ0) is 34.0. The van der Waals surface area contributed by atoms with Crippen molar-refractivity contribution in [3.8, 4) is 5.75 Å². The van der Waals surface area contributed by atoms with Crippen LogP contribution in [0.5, 0.6) is 5.75 Å². The molecule has 0 spiro atoms. The second-order valence-corrected chi connectivity index (χ2v) is 11.0. The van der Waals surface area contributed by atoms with Gasteiger partial charge in [0.05, 0.1) is 12.6 Å². The molecule has 0 saturated carbocycles. The van der Waals surface area contributed by atoms with Gasteiger partial charge in [-0.1, -0.05) is 42.5 Å². The first-order chi connectivity index (χ1) is 21.7. The molecule has 1 aliphatic heterocycles. The molecular formula is C31H38N5NaO10. The van der Waals surface area contributed by atoms with E-state index < -0.39 is 66.2 Å². The van der Waals surface area contributed by atoms with E-state index in [4.69, 9.17) is 25.1 Å². The molecule has 2 aromatic carbocycles. The van der Waals surface area contributed by atoms with Crippen LogP contribution < -0.4 is 61.5 Å². The number of carboxylic acid groups (broad SMARTS) is 1. The van der Waals surface area contributed by atoms with Crippen LogP contribution in [0.3, 0.4) is 0 Å². The summed E-state index contributed by atoms with van der Waals surface area (Å²) in [4.78, 5) is 51.0. The minimum atomic E-state index is -1.47. The van der Waals surface area contributed by atoms with E-state index in [1.165, 1.54) is 26.1 Å². The van der Waals surface area contributed by atoms with Gasteiger partial charge in [0.25, 0.3) is 5.91 Å². The molecule has 1 aromatic heterocycles. The van der Waals surface area contributed by atoms with E-state index in [0.29, 0.717) is 12.4 Å². The first-order valence-corrected chi connectivity index (χ1v) is 14.3. The number of hydrogen-bond acceptors (Lipinski definition) is 12. The van der Waals surface area contributed by atoms with Gasteiger partial charge in [-0.15, -0.1) is 0 Å². The van der Waals surface area contributed by atoms with Crippen LogP contribution in [-0.2, 0) is 32.1 Å². The number of hydrogen-bond donors (Lipinski definition) is 6. The van der Waals surface area contributed by atoms with Gasteiger partial charge in [-0.25, -0.2) is 4.79 Å². The van der Waals surface area contributed by atoms with Crippen molar-refractivity contribution >= 4 is 23.6 Å². The number of benzene rings is 2. The van der Waals surface area contributed by atoms with Crippen LogP contribution in [0.25, 0.3) is 0 Å². The van der Waals surface area contributed by atoms with Crippen LogP contribution in [0.15, 0.2) is 71.7 Å². The zero-order valence-electron chi connectivity index (χ0n) is 26.5. The monoisotopic (exact) mass is 663 g/mol. The molecule has 1 fully saturated rings. The number of carbonyl (C=O) groups is 3. The van der Waals surface area contributed by atoms with E-state index in [2.05, 4.69) is 15.6 Å². The van der Waals surface area contributed by atoms with Crippen LogP contribution in [-0.4, -0.2) is 79.2 Å². The minimum Gasteiger partial charge on any atom is -0.550 e. The molecule has 16 heteroatoms. The van der Waals surface area contributed by atoms with Gasteiger partial charge in [0, 0.05) is 12.2 Å². The summed E-state index contributed by atoms with van der Waals surface area (Å²) in [5.41, 5.74) is 5.69. The SMILES string of the molecule is CC(=O)[O-].CC(C)(NC(=O)[C@@H](N)Cc1ccc(OCc2ccccc2)cc1)C(=O)Nc1ccn(C2O[C@H](CO)[C@@H](O)[C@@H]2O)c(=O)n1.[Na+]. The number of aliphatic carboxylic acids is 1. The minimum absolute atomic E-state index is 0. The van der Waals surface area contributed by atoms with Crippen LogP contribution in [0.1, 0.15) is 38.1 Å². The van der Waals surface area contributed by atoms with E-state index in [1.54, 1.807) is 12.1 Å². The van der Waals surface area contributed by atoms with Gasteiger partial charge in [-0.3, -0.25) is 14.2 Å². The van der Waals surface area contributed by atoms with E-state index in [-0.39, 0.29) is 41.8 Å². The van der Waals surface area contributed by atoms with E-state index in [0.717, 1.165) is 22.6 Å². The molecule has 0 radical (unpaired) electrons. The fourth-order valence-electron chi connectivity index (χ4n) is 4.33. The van der Waals surface area contributed by atoms with E-state index in [1.807, 2.05) is 42.5 Å². The molecule has 15 nitrogen and oxygen atoms in total. The smallest absolute Gasteiger partial charge is 0.550 e. The molecule has 1 saturated heterocycles. The van der Waals surface area contributed by atoms with E-state index in [9.17, 15) is 29.7 Å². The first-order valence-electron chi connectivity index (χ1n) is 14.3. The molecule has 2 heterocycles. The Balaban J connectivity index is 0.00000145. The second-order valence-electron chi connectivity index (χ2n) is 11.0. The molecule has 1 aliphatic rings. The summed E-state index contributed by atoms with van der Waals surface area (Å²) in [6, 6.07) is 17.4.